The van der Waals surface area contributed by atoms with Crippen molar-refractivity contribution in [2.45, 2.75) is 43.1 Å². The quantitative estimate of drug-likeness (QED) is 0.549. The highest BCUT2D eigenvalue weighted by atomic mass is 32.2. The lowest BCUT2D eigenvalue weighted by atomic mass is 10.2. The summed E-state index contributed by atoms with van der Waals surface area (Å²) in [6, 6.07) is 5.19. The van der Waals surface area contributed by atoms with E-state index in [1.165, 1.54) is 4.31 Å². The maximum absolute atomic E-state index is 13.0. The summed E-state index contributed by atoms with van der Waals surface area (Å²) in [5, 5.41) is 4.85. The van der Waals surface area contributed by atoms with Gasteiger partial charge in [0.15, 0.2) is 5.16 Å². The van der Waals surface area contributed by atoms with Gasteiger partial charge in [0, 0.05) is 31.0 Å². The van der Waals surface area contributed by atoms with E-state index in [-0.39, 0.29) is 4.90 Å². The number of rotatable bonds is 6. The molecular weight excluding hydrogens is 412 g/mol. The molecule has 156 valence electrons. The summed E-state index contributed by atoms with van der Waals surface area (Å²) in [7, 11) is -3.55. The molecule has 3 aromatic rings. The molecule has 2 aromatic heterocycles. The van der Waals surface area contributed by atoms with E-state index in [1.54, 1.807) is 23.9 Å². The van der Waals surface area contributed by atoms with Crippen LogP contribution in [0.2, 0.25) is 0 Å². The second-order valence-electron chi connectivity index (χ2n) is 6.90. The second-order valence-corrected chi connectivity index (χ2v) is 9.78. The van der Waals surface area contributed by atoms with Crippen LogP contribution in [0.15, 0.2) is 32.8 Å². The molecule has 0 spiro atoms. The van der Waals surface area contributed by atoms with Crippen molar-refractivity contribution in [3.8, 4) is 0 Å². The standard InChI is InChI=1S/C19H24N4O4S2/c1-4-23-18-6-5-15(29(24,25)22-7-9-26-10-8-22)11-17(18)20-19(23)28-12-16-13(2)21-27-14(16)3/h5-6,11H,4,7-10,12H2,1-3H3. The number of benzene rings is 1. The predicted molar refractivity (Wildman–Crippen MR) is 111 cm³/mol. The largest absolute Gasteiger partial charge is 0.379 e. The van der Waals surface area contributed by atoms with Gasteiger partial charge in [-0.15, -0.1) is 0 Å². The molecule has 1 aliphatic heterocycles. The van der Waals surface area contributed by atoms with Crippen molar-refractivity contribution in [2.75, 3.05) is 26.3 Å². The molecule has 0 radical (unpaired) electrons. The van der Waals surface area contributed by atoms with E-state index in [9.17, 15) is 8.42 Å². The fraction of sp³-hybridized carbons (Fsp3) is 0.474. The summed E-state index contributed by atoms with van der Waals surface area (Å²) in [4.78, 5) is 5.00. The van der Waals surface area contributed by atoms with Crippen LogP contribution in [0.5, 0.6) is 0 Å². The van der Waals surface area contributed by atoms with E-state index in [0.717, 1.165) is 34.2 Å². The Hall–Kier alpha value is -1.88. The van der Waals surface area contributed by atoms with Gasteiger partial charge in [-0.1, -0.05) is 16.9 Å². The van der Waals surface area contributed by atoms with Crippen molar-refractivity contribution >= 4 is 32.8 Å². The first-order valence-corrected chi connectivity index (χ1v) is 12.0. The van der Waals surface area contributed by atoms with Crippen LogP contribution in [0.3, 0.4) is 0 Å². The van der Waals surface area contributed by atoms with Crippen LogP contribution in [0, 0.1) is 13.8 Å². The minimum Gasteiger partial charge on any atom is -0.379 e. The number of aryl methyl sites for hydroxylation is 3. The SMILES string of the molecule is CCn1c(SCc2c(C)noc2C)nc2cc(S(=O)(=O)N3CCOCC3)ccc21. The Morgan fingerprint density at radius 2 is 1.97 bits per heavy atom. The number of imidazole rings is 1. The third-order valence-electron chi connectivity index (χ3n) is 5.14. The van der Waals surface area contributed by atoms with Crippen molar-refractivity contribution in [3.63, 3.8) is 0 Å². The lowest BCUT2D eigenvalue weighted by molar-refractivity contribution is 0.0730. The number of nitrogens with zero attached hydrogens (tertiary/aromatic N) is 4. The average Bonchev–Trinajstić information content (AvgIpc) is 3.25. The molecule has 0 N–H and O–H groups in total. The molecule has 0 saturated carbocycles. The molecule has 0 unspecified atom stereocenters. The van der Waals surface area contributed by atoms with Crippen LogP contribution < -0.4 is 0 Å². The summed E-state index contributed by atoms with van der Waals surface area (Å²) in [6.45, 7) is 8.24. The number of morpholine rings is 1. The molecule has 1 aromatic carbocycles. The van der Waals surface area contributed by atoms with Gasteiger partial charge in [-0.05, 0) is 39.0 Å². The van der Waals surface area contributed by atoms with E-state index in [1.807, 2.05) is 19.9 Å². The topological polar surface area (TPSA) is 90.5 Å². The first kappa shape index (κ1) is 20.4. The number of thioether (sulfide) groups is 1. The van der Waals surface area contributed by atoms with E-state index < -0.39 is 10.0 Å². The van der Waals surface area contributed by atoms with E-state index >= 15 is 0 Å². The van der Waals surface area contributed by atoms with Crippen molar-refractivity contribution in [1.82, 2.24) is 19.0 Å². The number of hydrogen-bond donors (Lipinski definition) is 0. The van der Waals surface area contributed by atoms with Gasteiger partial charge in [-0.3, -0.25) is 0 Å². The minimum absolute atomic E-state index is 0.273. The number of aromatic nitrogens is 3. The molecule has 0 bridgehead atoms. The molecule has 0 atom stereocenters. The summed E-state index contributed by atoms with van der Waals surface area (Å²) in [6.07, 6.45) is 0. The maximum Gasteiger partial charge on any atom is 0.243 e. The van der Waals surface area contributed by atoms with Crippen LogP contribution in [0.4, 0.5) is 0 Å². The van der Waals surface area contributed by atoms with Gasteiger partial charge in [0.25, 0.3) is 0 Å². The van der Waals surface area contributed by atoms with Crippen LogP contribution in [-0.2, 0) is 27.1 Å². The molecule has 1 aliphatic rings. The van der Waals surface area contributed by atoms with Gasteiger partial charge < -0.3 is 13.8 Å². The van der Waals surface area contributed by atoms with Crippen molar-refractivity contribution in [2.24, 2.45) is 0 Å². The van der Waals surface area contributed by atoms with Gasteiger partial charge in [-0.2, -0.15) is 4.31 Å². The Bertz CT molecular complexity index is 1110. The Morgan fingerprint density at radius 1 is 1.21 bits per heavy atom. The minimum atomic E-state index is -3.55. The molecule has 3 heterocycles. The fourth-order valence-corrected chi connectivity index (χ4v) is 6.10. The van der Waals surface area contributed by atoms with E-state index in [0.29, 0.717) is 37.6 Å². The lowest BCUT2D eigenvalue weighted by Gasteiger charge is -2.26. The number of hydrogen-bond acceptors (Lipinski definition) is 7. The monoisotopic (exact) mass is 436 g/mol. The number of ether oxygens (including phenoxy) is 1. The lowest BCUT2D eigenvalue weighted by Crippen LogP contribution is -2.40. The smallest absolute Gasteiger partial charge is 0.243 e. The fourth-order valence-electron chi connectivity index (χ4n) is 3.44. The molecular formula is C19H24N4O4S2. The first-order chi connectivity index (χ1) is 13.9. The van der Waals surface area contributed by atoms with Gasteiger partial charge in [0.1, 0.15) is 5.76 Å². The van der Waals surface area contributed by atoms with Crippen LogP contribution in [-0.4, -0.2) is 53.7 Å². The van der Waals surface area contributed by atoms with Gasteiger partial charge in [0.2, 0.25) is 10.0 Å². The predicted octanol–water partition coefficient (Wildman–Crippen LogP) is 2.97. The highest BCUT2D eigenvalue weighted by molar-refractivity contribution is 7.98. The molecule has 29 heavy (non-hydrogen) atoms. The zero-order valence-corrected chi connectivity index (χ0v) is 18.3. The maximum atomic E-state index is 13.0. The number of fused-ring (bicyclic) bond motifs is 1. The highest BCUT2D eigenvalue weighted by Crippen LogP contribution is 2.30. The summed E-state index contributed by atoms with van der Waals surface area (Å²) in [5.74, 6) is 1.51. The summed E-state index contributed by atoms with van der Waals surface area (Å²) < 4.78 is 40.0. The summed E-state index contributed by atoms with van der Waals surface area (Å²) in [5.41, 5.74) is 3.56. The van der Waals surface area contributed by atoms with Gasteiger partial charge in [-0.25, -0.2) is 13.4 Å². The molecule has 1 saturated heterocycles. The van der Waals surface area contributed by atoms with Gasteiger partial charge >= 0.3 is 0 Å². The summed E-state index contributed by atoms with van der Waals surface area (Å²) >= 11 is 1.60. The van der Waals surface area contributed by atoms with Crippen molar-refractivity contribution in [1.29, 1.82) is 0 Å². The zero-order valence-electron chi connectivity index (χ0n) is 16.7. The third kappa shape index (κ3) is 3.81. The van der Waals surface area contributed by atoms with Crippen molar-refractivity contribution < 1.29 is 17.7 Å². The highest BCUT2D eigenvalue weighted by Gasteiger charge is 2.27. The Labute approximate surface area is 174 Å². The van der Waals surface area contributed by atoms with E-state index in [2.05, 4.69) is 16.6 Å². The van der Waals surface area contributed by atoms with Crippen LogP contribution in [0.25, 0.3) is 11.0 Å². The van der Waals surface area contributed by atoms with Crippen molar-refractivity contribution in [3.05, 3.63) is 35.2 Å². The Balaban J connectivity index is 1.65. The third-order valence-corrected chi connectivity index (χ3v) is 8.03. The Morgan fingerprint density at radius 3 is 2.62 bits per heavy atom. The van der Waals surface area contributed by atoms with Gasteiger partial charge in [0.05, 0.1) is 34.8 Å². The molecule has 0 amide bonds. The van der Waals surface area contributed by atoms with E-state index in [4.69, 9.17) is 14.2 Å². The van der Waals surface area contributed by atoms with Crippen LogP contribution in [0.1, 0.15) is 23.9 Å². The zero-order chi connectivity index (χ0) is 20.6. The number of sulfonamides is 1. The average molecular weight is 437 g/mol. The molecule has 0 aliphatic carbocycles. The second kappa shape index (κ2) is 8.10. The molecule has 1 fully saturated rings. The van der Waals surface area contributed by atoms with Crippen LogP contribution >= 0.6 is 11.8 Å². The molecule has 4 rings (SSSR count). The molecule has 10 heteroatoms. The Kier molecular flexibility index (Phi) is 5.69. The molecule has 8 nitrogen and oxygen atoms in total. The first-order valence-electron chi connectivity index (χ1n) is 9.54. The normalized spacial score (nSPS) is 16.0.